The fourth-order valence-electron chi connectivity index (χ4n) is 4.63. The number of rotatable bonds is 6. The molecule has 1 aliphatic rings. The molecule has 1 unspecified atom stereocenters. The van der Waals surface area contributed by atoms with Crippen molar-refractivity contribution in [2.24, 2.45) is 24.8 Å². The highest BCUT2D eigenvalue weighted by Crippen LogP contribution is 2.45. The Balaban J connectivity index is 1.63. The van der Waals surface area contributed by atoms with E-state index in [4.69, 9.17) is 0 Å². The second kappa shape index (κ2) is 9.51. The number of hydrogen-bond acceptors (Lipinski definition) is 7. The van der Waals surface area contributed by atoms with E-state index in [0.717, 1.165) is 0 Å². The number of nitrogens with one attached hydrogen (secondary N) is 1. The molecule has 0 aromatic carbocycles. The predicted molar refractivity (Wildman–Crippen MR) is 119 cm³/mol. The first kappa shape index (κ1) is 25.6. The summed E-state index contributed by atoms with van der Waals surface area (Å²) in [6.45, 7) is 3.37. The maximum absolute atomic E-state index is 14.6. The van der Waals surface area contributed by atoms with E-state index in [1.807, 2.05) is 0 Å². The van der Waals surface area contributed by atoms with E-state index in [-0.39, 0.29) is 24.0 Å². The molecular formula is C23H24F5N7O. The smallest absolute Gasteiger partial charge is 0.354 e. The Morgan fingerprint density at radius 1 is 1.14 bits per heavy atom. The van der Waals surface area contributed by atoms with Gasteiger partial charge in [-0.05, 0) is 24.8 Å². The lowest BCUT2D eigenvalue weighted by atomic mass is 9.68. The lowest BCUT2D eigenvalue weighted by Gasteiger charge is -2.39. The van der Waals surface area contributed by atoms with E-state index < -0.39 is 54.0 Å². The summed E-state index contributed by atoms with van der Waals surface area (Å²) in [5.74, 6) is -5.72. The Hall–Kier alpha value is -3.51. The molecule has 0 radical (unpaired) electrons. The second-order valence-corrected chi connectivity index (χ2v) is 9.06. The van der Waals surface area contributed by atoms with Crippen molar-refractivity contribution < 1.29 is 26.7 Å². The van der Waals surface area contributed by atoms with Crippen molar-refractivity contribution in [2.75, 3.05) is 11.9 Å². The van der Waals surface area contributed by atoms with Gasteiger partial charge >= 0.3 is 6.18 Å². The second-order valence-electron chi connectivity index (χ2n) is 9.06. The van der Waals surface area contributed by atoms with Gasteiger partial charge in [0.2, 0.25) is 11.9 Å². The highest BCUT2D eigenvalue weighted by atomic mass is 19.4. The number of nitrogens with zero attached hydrogens (tertiary/aromatic N) is 6. The van der Waals surface area contributed by atoms with Gasteiger partial charge in [0.1, 0.15) is 5.69 Å². The van der Waals surface area contributed by atoms with Crippen molar-refractivity contribution in [1.29, 1.82) is 0 Å². The van der Waals surface area contributed by atoms with Crippen LogP contribution in [-0.4, -0.2) is 48.0 Å². The molecule has 1 N–H and O–H groups in total. The van der Waals surface area contributed by atoms with Gasteiger partial charge in [0.15, 0.2) is 11.6 Å². The zero-order valence-electron chi connectivity index (χ0n) is 19.7. The van der Waals surface area contributed by atoms with Gasteiger partial charge in [-0.1, -0.05) is 6.92 Å². The fourth-order valence-corrected chi connectivity index (χ4v) is 4.63. The molecule has 1 fully saturated rings. The van der Waals surface area contributed by atoms with E-state index >= 15 is 0 Å². The molecule has 36 heavy (non-hydrogen) atoms. The van der Waals surface area contributed by atoms with Crippen LogP contribution in [0.1, 0.15) is 41.5 Å². The normalized spacial score (nSPS) is 21.8. The largest absolute Gasteiger partial charge is 0.419 e. The molecule has 192 valence electrons. The minimum atomic E-state index is -4.58. The molecule has 0 spiro atoms. The molecule has 0 bridgehead atoms. The van der Waals surface area contributed by atoms with Crippen molar-refractivity contribution >= 4 is 11.7 Å². The Morgan fingerprint density at radius 3 is 2.39 bits per heavy atom. The molecule has 3 aromatic heterocycles. The van der Waals surface area contributed by atoms with Crippen LogP contribution in [0.15, 0.2) is 30.9 Å². The number of ketones is 1. The van der Waals surface area contributed by atoms with Gasteiger partial charge in [-0.15, -0.1) is 0 Å². The summed E-state index contributed by atoms with van der Waals surface area (Å²) in [7, 11) is 1.64. The summed E-state index contributed by atoms with van der Waals surface area (Å²) in [5.41, 5.74) is -0.0183. The van der Waals surface area contributed by atoms with Crippen LogP contribution in [0, 0.1) is 24.7 Å². The molecule has 1 aliphatic carbocycles. The minimum absolute atomic E-state index is 0.00637. The molecule has 0 amide bonds. The van der Waals surface area contributed by atoms with Crippen LogP contribution in [0.3, 0.4) is 0 Å². The lowest BCUT2D eigenvalue weighted by Crippen LogP contribution is -2.44. The van der Waals surface area contributed by atoms with Crippen molar-refractivity contribution in [3.8, 4) is 11.4 Å². The monoisotopic (exact) mass is 509 g/mol. The number of aryl methyl sites for hydroxylation is 1. The number of carbonyl (C=O) groups is 1. The number of anilines is 1. The third-order valence-corrected chi connectivity index (χ3v) is 6.56. The number of halogens is 5. The Kier molecular flexibility index (Phi) is 6.76. The zero-order valence-corrected chi connectivity index (χ0v) is 19.7. The third-order valence-electron chi connectivity index (χ3n) is 6.56. The Labute approximate surface area is 203 Å². The van der Waals surface area contributed by atoms with Crippen LogP contribution in [0.2, 0.25) is 0 Å². The number of aromatic nitrogens is 6. The van der Waals surface area contributed by atoms with E-state index in [2.05, 4.69) is 30.4 Å². The molecule has 3 atom stereocenters. The fraction of sp³-hybridized carbons (Fsp3) is 0.478. The highest BCUT2D eigenvalue weighted by molar-refractivity contribution is 6.02. The molecule has 1 saturated carbocycles. The summed E-state index contributed by atoms with van der Waals surface area (Å²) < 4.78 is 69.1. The minimum Gasteiger partial charge on any atom is -0.354 e. The maximum atomic E-state index is 14.6. The number of alkyl halides is 5. The summed E-state index contributed by atoms with van der Waals surface area (Å²) in [4.78, 5) is 29.5. The van der Waals surface area contributed by atoms with Gasteiger partial charge in [-0.2, -0.15) is 18.3 Å². The average Bonchev–Trinajstić information content (AvgIpc) is 3.11. The van der Waals surface area contributed by atoms with Gasteiger partial charge in [-0.25, -0.2) is 28.7 Å². The first-order valence-corrected chi connectivity index (χ1v) is 11.2. The van der Waals surface area contributed by atoms with Crippen LogP contribution in [0.5, 0.6) is 0 Å². The zero-order chi connectivity index (χ0) is 26.3. The molecule has 4 rings (SSSR count). The topological polar surface area (TPSA) is 98.5 Å². The van der Waals surface area contributed by atoms with E-state index in [0.29, 0.717) is 23.7 Å². The SMILES string of the molecule is Cc1c(-c2ncccn2)c(C(=O)C2CC(F)(F)C[C@@H](C)[C@H]2CNc2ncc(C(F)(F)F)cn2)nn1C. The maximum Gasteiger partial charge on any atom is 0.419 e. The van der Waals surface area contributed by atoms with Gasteiger partial charge in [-0.3, -0.25) is 9.48 Å². The molecule has 3 aromatic rings. The van der Waals surface area contributed by atoms with Gasteiger partial charge in [0.05, 0.1) is 11.1 Å². The van der Waals surface area contributed by atoms with E-state index in [9.17, 15) is 26.7 Å². The Bertz CT molecular complexity index is 1230. The summed E-state index contributed by atoms with van der Waals surface area (Å²) in [6.07, 6.45) is -1.39. The highest BCUT2D eigenvalue weighted by Gasteiger charge is 2.49. The third kappa shape index (κ3) is 5.19. The van der Waals surface area contributed by atoms with Crippen molar-refractivity contribution in [2.45, 2.75) is 38.8 Å². The van der Waals surface area contributed by atoms with Crippen LogP contribution in [-0.2, 0) is 13.2 Å². The first-order valence-electron chi connectivity index (χ1n) is 11.2. The molecule has 0 saturated heterocycles. The van der Waals surface area contributed by atoms with Crippen LogP contribution in [0.25, 0.3) is 11.4 Å². The molecular weight excluding hydrogens is 485 g/mol. The first-order chi connectivity index (χ1) is 16.9. The lowest BCUT2D eigenvalue weighted by molar-refractivity contribution is -0.138. The molecule has 3 heterocycles. The van der Waals surface area contributed by atoms with E-state index in [1.165, 1.54) is 17.1 Å². The summed E-state index contributed by atoms with van der Waals surface area (Å²) >= 11 is 0. The summed E-state index contributed by atoms with van der Waals surface area (Å²) in [5, 5.41) is 7.12. The van der Waals surface area contributed by atoms with Gasteiger partial charge in [0, 0.05) is 62.8 Å². The van der Waals surface area contributed by atoms with Crippen LogP contribution >= 0.6 is 0 Å². The van der Waals surface area contributed by atoms with Crippen molar-refractivity contribution in [3.05, 3.63) is 47.8 Å². The quantitative estimate of drug-likeness (QED) is 0.384. The van der Waals surface area contributed by atoms with E-state index in [1.54, 1.807) is 27.0 Å². The standard InChI is InChI=1S/C23H24F5N7O/c1-12-7-22(24,25)8-15(16(12)11-33-21-31-9-14(10-32-21)23(26,27)28)19(36)18-17(13(2)35(3)34-18)20-29-5-4-6-30-20/h4-6,9-10,12,15-16H,7-8,11H2,1-3H3,(H,31,32,33)/t12-,15?,16-/m1/s1. The number of hydrogen-bond donors (Lipinski definition) is 1. The number of carbonyl (C=O) groups excluding carboxylic acids is 1. The molecule has 13 heteroatoms. The van der Waals surface area contributed by atoms with Crippen molar-refractivity contribution in [3.63, 3.8) is 0 Å². The molecule has 8 nitrogen and oxygen atoms in total. The van der Waals surface area contributed by atoms with Crippen molar-refractivity contribution in [1.82, 2.24) is 29.7 Å². The predicted octanol–water partition coefficient (Wildman–Crippen LogP) is 4.59. The Morgan fingerprint density at radius 2 is 1.78 bits per heavy atom. The van der Waals surface area contributed by atoms with Crippen LogP contribution in [0.4, 0.5) is 27.9 Å². The summed E-state index contributed by atoms with van der Waals surface area (Å²) in [6, 6.07) is 1.62. The average molecular weight is 509 g/mol. The van der Waals surface area contributed by atoms with Crippen LogP contribution < -0.4 is 5.32 Å². The molecule has 0 aliphatic heterocycles. The van der Waals surface area contributed by atoms with Gasteiger partial charge < -0.3 is 5.32 Å². The number of Topliss-reactive ketones (excluding diaryl/α,β-unsaturated/α-hetero) is 1. The van der Waals surface area contributed by atoms with Gasteiger partial charge in [0.25, 0.3) is 0 Å².